The molecule has 16 heavy (non-hydrogen) atoms. The van der Waals surface area contributed by atoms with Crippen LogP contribution in [0.25, 0.3) is 0 Å². The minimum atomic E-state index is -5.52. The summed E-state index contributed by atoms with van der Waals surface area (Å²) >= 11 is 0. The van der Waals surface area contributed by atoms with Crippen LogP contribution in [0.3, 0.4) is 0 Å². The van der Waals surface area contributed by atoms with Gasteiger partial charge in [0.2, 0.25) is 6.10 Å². The largest absolute Gasteiger partial charge is 0.423 e. The SMILES string of the molecule is CCCC(O)COC(C(F)(F)F)C(F)(F)F. The number of hydrogen-bond donors (Lipinski definition) is 1. The topological polar surface area (TPSA) is 29.5 Å². The number of aliphatic hydroxyl groups excluding tert-OH is 1. The fraction of sp³-hybridized carbons (Fsp3) is 1.00. The van der Waals surface area contributed by atoms with Gasteiger partial charge >= 0.3 is 12.4 Å². The van der Waals surface area contributed by atoms with Gasteiger partial charge in [-0.3, -0.25) is 0 Å². The summed E-state index contributed by atoms with van der Waals surface area (Å²) in [7, 11) is 0. The molecule has 2 nitrogen and oxygen atoms in total. The maximum Gasteiger partial charge on any atom is 0.423 e. The molecule has 0 radical (unpaired) electrons. The predicted molar refractivity (Wildman–Crippen MR) is 42.8 cm³/mol. The van der Waals surface area contributed by atoms with Gasteiger partial charge in [0.25, 0.3) is 0 Å². The van der Waals surface area contributed by atoms with E-state index in [2.05, 4.69) is 4.74 Å². The van der Waals surface area contributed by atoms with E-state index in [0.717, 1.165) is 0 Å². The monoisotopic (exact) mass is 254 g/mol. The van der Waals surface area contributed by atoms with Gasteiger partial charge in [-0.1, -0.05) is 13.3 Å². The average molecular weight is 254 g/mol. The van der Waals surface area contributed by atoms with Crippen LogP contribution in [-0.4, -0.2) is 36.3 Å². The molecule has 0 bridgehead atoms. The van der Waals surface area contributed by atoms with E-state index in [0.29, 0.717) is 6.42 Å². The third-order valence-corrected chi connectivity index (χ3v) is 1.67. The van der Waals surface area contributed by atoms with Gasteiger partial charge in [-0.15, -0.1) is 0 Å². The van der Waals surface area contributed by atoms with Gasteiger partial charge in [0.1, 0.15) is 0 Å². The van der Waals surface area contributed by atoms with Crippen molar-refractivity contribution in [2.75, 3.05) is 6.61 Å². The second-order valence-corrected chi connectivity index (χ2v) is 3.24. The Balaban J connectivity index is 4.36. The summed E-state index contributed by atoms with van der Waals surface area (Å²) in [6, 6.07) is 0. The third kappa shape index (κ3) is 5.55. The Bertz CT molecular complexity index is 186. The first-order valence-corrected chi connectivity index (χ1v) is 4.52. The Morgan fingerprint density at radius 1 is 1.06 bits per heavy atom. The molecule has 0 spiro atoms. The molecule has 0 saturated carbocycles. The van der Waals surface area contributed by atoms with Gasteiger partial charge in [-0.2, -0.15) is 26.3 Å². The summed E-state index contributed by atoms with van der Waals surface area (Å²) in [5.74, 6) is 0. The van der Waals surface area contributed by atoms with Crippen molar-refractivity contribution in [3.8, 4) is 0 Å². The van der Waals surface area contributed by atoms with Crippen molar-refractivity contribution in [1.29, 1.82) is 0 Å². The molecule has 1 unspecified atom stereocenters. The number of halogens is 6. The van der Waals surface area contributed by atoms with E-state index in [1.54, 1.807) is 6.92 Å². The molecule has 0 aromatic heterocycles. The van der Waals surface area contributed by atoms with Gasteiger partial charge in [-0.05, 0) is 6.42 Å². The van der Waals surface area contributed by atoms with Crippen LogP contribution < -0.4 is 0 Å². The number of alkyl halides is 6. The molecule has 8 heteroatoms. The zero-order valence-electron chi connectivity index (χ0n) is 8.40. The van der Waals surface area contributed by atoms with Crippen molar-refractivity contribution in [2.24, 2.45) is 0 Å². The lowest BCUT2D eigenvalue weighted by Gasteiger charge is -2.24. The molecule has 1 N–H and O–H groups in total. The number of hydrogen-bond acceptors (Lipinski definition) is 2. The van der Waals surface area contributed by atoms with Crippen molar-refractivity contribution < 1.29 is 36.2 Å². The maximum absolute atomic E-state index is 11.9. The highest BCUT2D eigenvalue weighted by atomic mass is 19.4. The van der Waals surface area contributed by atoms with Crippen molar-refractivity contribution in [3.63, 3.8) is 0 Å². The highest BCUT2D eigenvalue weighted by Gasteiger charge is 2.58. The maximum atomic E-state index is 11.9. The first-order chi connectivity index (χ1) is 7.09. The highest BCUT2D eigenvalue weighted by molar-refractivity contribution is 4.76. The molecular formula is C8H12F6O2. The zero-order valence-corrected chi connectivity index (χ0v) is 8.40. The van der Waals surface area contributed by atoms with E-state index in [-0.39, 0.29) is 6.42 Å². The van der Waals surface area contributed by atoms with E-state index in [4.69, 9.17) is 5.11 Å². The summed E-state index contributed by atoms with van der Waals surface area (Å²) in [4.78, 5) is 0. The van der Waals surface area contributed by atoms with Crippen molar-refractivity contribution in [1.82, 2.24) is 0 Å². The summed E-state index contributed by atoms with van der Waals surface area (Å²) in [5.41, 5.74) is 0. The smallest absolute Gasteiger partial charge is 0.391 e. The molecule has 0 heterocycles. The van der Waals surface area contributed by atoms with Crippen LogP contribution in [0.4, 0.5) is 26.3 Å². The molecule has 0 aliphatic rings. The van der Waals surface area contributed by atoms with Gasteiger partial charge in [-0.25, -0.2) is 0 Å². The second-order valence-electron chi connectivity index (χ2n) is 3.24. The fourth-order valence-corrected chi connectivity index (χ4v) is 0.998. The molecule has 0 aromatic rings. The van der Waals surface area contributed by atoms with Crippen molar-refractivity contribution in [2.45, 2.75) is 44.3 Å². The fourth-order valence-electron chi connectivity index (χ4n) is 0.998. The molecule has 0 saturated heterocycles. The Kier molecular flexibility index (Phi) is 5.54. The van der Waals surface area contributed by atoms with E-state index >= 15 is 0 Å². The van der Waals surface area contributed by atoms with Crippen LogP contribution in [0.1, 0.15) is 19.8 Å². The van der Waals surface area contributed by atoms with Gasteiger partial charge in [0.05, 0.1) is 12.7 Å². The Morgan fingerprint density at radius 3 is 1.81 bits per heavy atom. The quantitative estimate of drug-likeness (QED) is 0.764. The molecule has 0 aliphatic carbocycles. The lowest BCUT2D eigenvalue weighted by Crippen LogP contribution is -2.45. The van der Waals surface area contributed by atoms with Crippen LogP contribution >= 0.6 is 0 Å². The Labute approximate surface area is 88.2 Å². The second kappa shape index (κ2) is 5.72. The number of rotatable bonds is 5. The molecule has 0 aliphatic heterocycles. The molecule has 0 rings (SSSR count). The van der Waals surface area contributed by atoms with Crippen LogP contribution in [-0.2, 0) is 4.74 Å². The third-order valence-electron chi connectivity index (χ3n) is 1.67. The number of aliphatic hydroxyl groups is 1. The van der Waals surface area contributed by atoms with E-state index in [1.807, 2.05) is 0 Å². The van der Waals surface area contributed by atoms with Gasteiger partial charge in [0, 0.05) is 0 Å². The molecule has 1 atom stereocenters. The molecular weight excluding hydrogens is 242 g/mol. The predicted octanol–water partition coefficient (Wildman–Crippen LogP) is 2.66. The van der Waals surface area contributed by atoms with Crippen LogP contribution in [0.5, 0.6) is 0 Å². The summed E-state index contributed by atoms with van der Waals surface area (Å²) in [6.07, 6.45) is -15.7. The lowest BCUT2D eigenvalue weighted by atomic mass is 10.2. The summed E-state index contributed by atoms with van der Waals surface area (Å²) in [6.45, 7) is 0.645. The van der Waals surface area contributed by atoms with Crippen LogP contribution in [0, 0.1) is 0 Å². The van der Waals surface area contributed by atoms with Crippen LogP contribution in [0.2, 0.25) is 0 Å². The van der Waals surface area contributed by atoms with Gasteiger partial charge in [0.15, 0.2) is 0 Å². The minimum absolute atomic E-state index is 0.0857. The lowest BCUT2D eigenvalue weighted by molar-refractivity contribution is -0.324. The van der Waals surface area contributed by atoms with Crippen molar-refractivity contribution >= 4 is 0 Å². The first-order valence-electron chi connectivity index (χ1n) is 4.52. The molecule has 0 aromatic carbocycles. The van der Waals surface area contributed by atoms with E-state index in [1.165, 1.54) is 0 Å². The highest BCUT2D eigenvalue weighted by Crippen LogP contribution is 2.35. The summed E-state index contributed by atoms with van der Waals surface area (Å²) in [5, 5.41) is 8.97. The van der Waals surface area contributed by atoms with Crippen LogP contribution in [0.15, 0.2) is 0 Å². The normalized spacial score (nSPS) is 15.6. The molecule has 0 fully saturated rings. The van der Waals surface area contributed by atoms with E-state index in [9.17, 15) is 26.3 Å². The first kappa shape index (κ1) is 15.5. The molecule has 0 amide bonds. The summed E-state index contributed by atoms with van der Waals surface area (Å²) < 4.78 is 75.2. The Morgan fingerprint density at radius 2 is 1.50 bits per heavy atom. The zero-order chi connectivity index (χ0) is 13.0. The molecule has 98 valence electrons. The number of ether oxygens (including phenoxy) is 1. The average Bonchev–Trinajstić information content (AvgIpc) is 1.99. The minimum Gasteiger partial charge on any atom is -0.391 e. The Hall–Kier alpha value is -0.500. The van der Waals surface area contributed by atoms with Crippen molar-refractivity contribution in [3.05, 3.63) is 0 Å². The standard InChI is InChI=1S/C8H12F6O2/c1-2-3-5(15)4-16-6(7(9,10)11)8(12,13)14/h5-6,15H,2-4H2,1H3. The van der Waals surface area contributed by atoms with Gasteiger partial charge < -0.3 is 9.84 Å². The van der Waals surface area contributed by atoms with E-state index < -0.39 is 31.2 Å².